The summed E-state index contributed by atoms with van der Waals surface area (Å²) in [5.74, 6) is -0.526. The van der Waals surface area contributed by atoms with E-state index < -0.39 is 19.9 Å². The molecule has 2 heterocycles. The fourth-order valence-electron chi connectivity index (χ4n) is 2.69. The topological polar surface area (TPSA) is 101 Å². The quantitative estimate of drug-likeness (QED) is 0.715. The zero-order chi connectivity index (χ0) is 15.0. The number of nitrogens with zero attached hydrogens (tertiary/aromatic N) is 1. The number of sulfonamides is 1. The highest BCUT2D eigenvalue weighted by atomic mass is 32.2. The van der Waals surface area contributed by atoms with Crippen molar-refractivity contribution in [2.75, 3.05) is 30.9 Å². The predicted octanol–water partition coefficient (Wildman–Crippen LogP) is -1.04. The van der Waals surface area contributed by atoms with Crippen LogP contribution in [0, 0.1) is 5.92 Å². The second-order valence-corrected chi connectivity index (χ2v) is 9.78. The van der Waals surface area contributed by atoms with E-state index in [2.05, 4.69) is 5.32 Å². The molecule has 0 aliphatic carbocycles. The molecule has 0 spiro atoms. The minimum Gasteiger partial charge on any atom is -0.352 e. The molecule has 0 bridgehead atoms. The van der Waals surface area contributed by atoms with E-state index in [1.807, 2.05) is 0 Å². The van der Waals surface area contributed by atoms with E-state index in [1.54, 1.807) is 0 Å². The molecule has 0 saturated carbocycles. The highest BCUT2D eigenvalue weighted by molar-refractivity contribution is 7.91. The molecule has 20 heavy (non-hydrogen) atoms. The van der Waals surface area contributed by atoms with E-state index in [4.69, 9.17) is 0 Å². The summed E-state index contributed by atoms with van der Waals surface area (Å²) in [6.45, 7) is 0.630. The van der Waals surface area contributed by atoms with Gasteiger partial charge in [0, 0.05) is 19.1 Å². The van der Waals surface area contributed by atoms with Gasteiger partial charge in [0.15, 0.2) is 9.84 Å². The van der Waals surface area contributed by atoms with Crippen molar-refractivity contribution in [3.63, 3.8) is 0 Å². The third kappa shape index (κ3) is 3.92. The first-order chi connectivity index (χ1) is 9.17. The maximum atomic E-state index is 12.1. The van der Waals surface area contributed by atoms with Crippen LogP contribution in [-0.2, 0) is 24.7 Å². The fraction of sp³-hybridized carbons (Fsp3) is 0.909. The molecule has 2 saturated heterocycles. The molecule has 1 amide bonds. The van der Waals surface area contributed by atoms with Crippen LogP contribution in [0.2, 0.25) is 0 Å². The minimum absolute atomic E-state index is 0.0126. The lowest BCUT2D eigenvalue weighted by atomic mass is 9.98. The number of sulfone groups is 1. The second kappa shape index (κ2) is 5.61. The molecule has 2 fully saturated rings. The number of piperidine rings is 1. The molecule has 2 atom stereocenters. The van der Waals surface area contributed by atoms with Crippen LogP contribution in [-0.4, -0.2) is 63.9 Å². The van der Waals surface area contributed by atoms with Gasteiger partial charge in [-0.1, -0.05) is 0 Å². The normalized spacial score (nSPS) is 31.1. The van der Waals surface area contributed by atoms with Gasteiger partial charge >= 0.3 is 0 Å². The summed E-state index contributed by atoms with van der Waals surface area (Å²) >= 11 is 0. The second-order valence-electron chi connectivity index (χ2n) is 5.57. The number of hydrogen-bond acceptors (Lipinski definition) is 5. The summed E-state index contributed by atoms with van der Waals surface area (Å²) in [5.41, 5.74) is 0. The minimum atomic E-state index is -3.28. The van der Waals surface area contributed by atoms with Crippen LogP contribution in [0.5, 0.6) is 0 Å². The summed E-state index contributed by atoms with van der Waals surface area (Å²) in [6.07, 6.45) is 2.86. The Bertz CT molecular complexity index is 584. The van der Waals surface area contributed by atoms with E-state index in [-0.39, 0.29) is 35.9 Å². The Balaban J connectivity index is 1.93. The van der Waals surface area contributed by atoms with E-state index >= 15 is 0 Å². The third-order valence-corrected chi connectivity index (χ3v) is 6.84. The Kier molecular flexibility index (Phi) is 4.41. The van der Waals surface area contributed by atoms with Crippen molar-refractivity contribution in [3.05, 3.63) is 0 Å². The van der Waals surface area contributed by atoms with Crippen LogP contribution in [0.3, 0.4) is 0 Å². The molecular formula is C11H20N2O5S2. The monoisotopic (exact) mass is 324 g/mol. The van der Waals surface area contributed by atoms with Gasteiger partial charge in [-0.05, 0) is 19.3 Å². The standard InChI is InChI=1S/C11H20N2O5S2/c1-19(15,16)13-5-2-3-9(7-13)11(14)12-10-4-6-20(17,18)8-10/h9-10H,2-8H2,1H3,(H,12,14)/t9-,10-/m1/s1. The number of carbonyl (C=O) groups is 1. The van der Waals surface area contributed by atoms with Gasteiger partial charge in [0.05, 0.1) is 23.7 Å². The Morgan fingerprint density at radius 1 is 1.30 bits per heavy atom. The van der Waals surface area contributed by atoms with Crippen LogP contribution in [0.4, 0.5) is 0 Å². The molecule has 2 aliphatic rings. The van der Waals surface area contributed by atoms with Crippen LogP contribution in [0.1, 0.15) is 19.3 Å². The summed E-state index contributed by atoms with van der Waals surface area (Å²) in [4.78, 5) is 12.1. The summed E-state index contributed by atoms with van der Waals surface area (Å²) < 4.78 is 47.0. The molecule has 0 aromatic carbocycles. The largest absolute Gasteiger partial charge is 0.352 e. The van der Waals surface area contributed by atoms with Gasteiger partial charge in [0.1, 0.15) is 0 Å². The van der Waals surface area contributed by atoms with Crippen molar-refractivity contribution in [2.24, 2.45) is 5.92 Å². The number of hydrogen-bond donors (Lipinski definition) is 1. The fourth-order valence-corrected chi connectivity index (χ4v) is 5.27. The van der Waals surface area contributed by atoms with Gasteiger partial charge in [0.2, 0.25) is 15.9 Å². The van der Waals surface area contributed by atoms with Crippen molar-refractivity contribution in [1.82, 2.24) is 9.62 Å². The van der Waals surface area contributed by atoms with Gasteiger partial charge < -0.3 is 5.32 Å². The number of nitrogens with one attached hydrogen (secondary N) is 1. The molecule has 0 aromatic rings. The zero-order valence-electron chi connectivity index (χ0n) is 11.4. The van der Waals surface area contributed by atoms with Crippen LogP contribution < -0.4 is 5.32 Å². The smallest absolute Gasteiger partial charge is 0.224 e. The Morgan fingerprint density at radius 3 is 2.55 bits per heavy atom. The highest BCUT2D eigenvalue weighted by Gasteiger charge is 2.34. The van der Waals surface area contributed by atoms with Gasteiger partial charge in [0.25, 0.3) is 0 Å². The molecule has 0 radical (unpaired) electrons. The maximum absolute atomic E-state index is 12.1. The van der Waals surface area contributed by atoms with Crippen molar-refractivity contribution in [3.8, 4) is 0 Å². The van der Waals surface area contributed by atoms with Crippen molar-refractivity contribution < 1.29 is 21.6 Å². The third-order valence-electron chi connectivity index (χ3n) is 3.80. The van der Waals surface area contributed by atoms with Crippen LogP contribution in [0.15, 0.2) is 0 Å². The Morgan fingerprint density at radius 2 is 2.00 bits per heavy atom. The predicted molar refractivity (Wildman–Crippen MR) is 74.3 cm³/mol. The summed E-state index contributed by atoms with van der Waals surface area (Å²) in [7, 11) is -6.31. The molecule has 0 aromatic heterocycles. The first kappa shape index (κ1) is 15.7. The number of carbonyl (C=O) groups excluding carboxylic acids is 1. The number of amides is 1. The maximum Gasteiger partial charge on any atom is 0.224 e. The molecule has 9 heteroatoms. The van der Waals surface area contributed by atoms with Crippen molar-refractivity contribution in [1.29, 1.82) is 0 Å². The molecule has 2 rings (SSSR count). The molecular weight excluding hydrogens is 304 g/mol. The Hall–Kier alpha value is -0.670. The zero-order valence-corrected chi connectivity index (χ0v) is 13.0. The number of rotatable bonds is 3. The summed E-state index contributed by atoms with van der Waals surface area (Å²) in [5, 5.41) is 2.74. The first-order valence-corrected chi connectivity index (χ1v) is 10.3. The molecule has 2 aliphatic heterocycles. The summed E-state index contributed by atoms with van der Waals surface area (Å²) in [6, 6.07) is -0.332. The average Bonchev–Trinajstić information content (AvgIpc) is 2.68. The van der Waals surface area contributed by atoms with Crippen LogP contribution >= 0.6 is 0 Å². The van der Waals surface area contributed by atoms with Crippen molar-refractivity contribution >= 4 is 25.8 Å². The molecule has 0 unspecified atom stereocenters. The van der Waals surface area contributed by atoms with Gasteiger partial charge in [-0.3, -0.25) is 4.79 Å². The molecule has 1 N–H and O–H groups in total. The van der Waals surface area contributed by atoms with Crippen LogP contribution in [0.25, 0.3) is 0 Å². The lowest BCUT2D eigenvalue weighted by Crippen LogP contribution is -2.47. The van der Waals surface area contributed by atoms with E-state index in [0.717, 1.165) is 6.26 Å². The van der Waals surface area contributed by atoms with Gasteiger partial charge in [-0.2, -0.15) is 0 Å². The molecule has 7 nitrogen and oxygen atoms in total. The van der Waals surface area contributed by atoms with Gasteiger partial charge in [-0.25, -0.2) is 21.1 Å². The van der Waals surface area contributed by atoms with E-state index in [0.29, 0.717) is 25.8 Å². The van der Waals surface area contributed by atoms with E-state index in [9.17, 15) is 21.6 Å². The highest BCUT2D eigenvalue weighted by Crippen LogP contribution is 2.20. The SMILES string of the molecule is CS(=O)(=O)N1CCC[C@@H](C(=O)N[C@@H]2CCS(=O)(=O)C2)C1. The Labute approximate surface area is 119 Å². The van der Waals surface area contributed by atoms with Crippen molar-refractivity contribution in [2.45, 2.75) is 25.3 Å². The van der Waals surface area contributed by atoms with Gasteiger partial charge in [-0.15, -0.1) is 0 Å². The van der Waals surface area contributed by atoms with E-state index in [1.165, 1.54) is 4.31 Å². The average molecular weight is 324 g/mol. The lowest BCUT2D eigenvalue weighted by Gasteiger charge is -2.30. The first-order valence-electron chi connectivity index (χ1n) is 6.63. The molecule has 116 valence electrons. The lowest BCUT2D eigenvalue weighted by molar-refractivity contribution is -0.126.